The molecule has 0 spiro atoms. The van der Waals surface area contributed by atoms with Crippen molar-refractivity contribution in [3.8, 4) is 0 Å². The highest BCUT2D eigenvalue weighted by molar-refractivity contribution is 6.21. The summed E-state index contributed by atoms with van der Waals surface area (Å²) in [5, 5.41) is 0.0214. The quantitative estimate of drug-likeness (QED) is 0.751. The molecule has 1 aromatic rings. The van der Waals surface area contributed by atoms with Crippen molar-refractivity contribution >= 4 is 17.5 Å². The minimum Gasteiger partial charge on any atom is -0.336 e. The van der Waals surface area contributed by atoms with Crippen LogP contribution in [0.1, 0.15) is 23.3 Å². The number of nitrogens with one attached hydrogen (secondary N) is 1. The van der Waals surface area contributed by atoms with Crippen molar-refractivity contribution in [2.45, 2.75) is 18.2 Å². The lowest BCUT2D eigenvalue weighted by Gasteiger charge is -2.29. The first kappa shape index (κ1) is 11.2. The fourth-order valence-electron chi connectivity index (χ4n) is 1.85. The lowest BCUT2D eigenvalue weighted by molar-refractivity contribution is 0.0721. The molecule has 1 aromatic heterocycles. The standard InChI is InChI=1S/C11H13ClN2O2/c12-8-3-2-6-14(7-8)11(16)9-4-1-5-10(15)13-9/h1,4-5,8H,2-3,6-7H2,(H,13,15). The van der Waals surface area contributed by atoms with Gasteiger partial charge in [-0.05, 0) is 18.9 Å². The van der Waals surface area contributed by atoms with Crippen LogP contribution in [0.5, 0.6) is 0 Å². The third kappa shape index (κ3) is 2.44. The van der Waals surface area contributed by atoms with Crippen LogP contribution >= 0.6 is 11.6 Å². The van der Waals surface area contributed by atoms with E-state index in [0.717, 1.165) is 12.8 Å². The maximum absolute atomic E-state index is 12.0. The van der Waals surface area contributed by atoms with Gasteiger partial charge in [0.1, 0.15) is 5.69 Å². The molecule has 1 saturated heterocycles. The van der Waals surface area contributed by atoms with Crippen LogP contribution in [0, 0.1) is 0 Å². The number of carbonyl (C=O) groups excluding carboxylic acids is 1. The Morgan fingerprint density at radius 2 is 2.31 bits per heavy atom. The van der Waals surface area contributed by atoms with E-state index in [1.165, 1.54) is 6.07 Å². The van der Waals surface area contributed by atoms with E-state index in [4.69, 9.17) is 11.6 Å². The molecule has 1 aliphatic rings. The van der Waals surface area contributed by atoms with E-state index < -0.39 is 0 Å². The van der Waals surface area contributed by atoms with Gasteiger partial charge in [-0.15, -0.1) is 11.6 Å². The lowest BCUT2D eigenvalue weighted by atomic mass is 10.1. The Hall–Kier alpha value is -1.29. The van der Waals surface area contributed by atoms with Crippen molar-refractivity contribution < 1.29 is 4.79 Å². The number of likely N-dealkylation sites (tertiary alicyclic amines) is 1. The second-order valence-corrected chi connectivity index (χ2v) is 4.54. The molecule has 0 aromatic carbocycles. The number of amides is 1. The number of alkyl halides is 1. The van der Waals surface area contributed by atoms with Crippen LogP contribution in [0.15, 0.2) is 23.0 Å². The van der Waals surface area contributed by atoms with Crippen molar-refractivity contribution in [3.63, 3.8) is 0 Å². The third-order valence-corrected chi connectivity index (χ3v) is 3.01. The largest absolute Gasteiger partial charge is 0.336 e. The van der Waals surface area contributed by atoms with E-state index in [2.05, 4.69) is 4.98 Å². The number of piperidine rings is 1. The molecule has 1 N–H and O–H groups in total. The van der Waals surface area contributed by atoms with Crippen LogP contribution in [0.3, 0.4) is 0 Å². The molecule has 2 rings (SSSR count). The molecular formula is C11H13ClN2O2. The summed E-state index contributed by atoms with van der Waals surface area (Å²) in [4.78, 5) is 27.3. The van der Waals surface area contributed by atoms with Gasteiger partial charge in [0, 0.05) is 19.2 Å². The van der Waals surface area contributed by atoms with Crippen LogP contribution < -0.4 is 5.56 Å². The number of H-pyrrole nitrogens is 1. The number of aromatic amines is 1. The molecule has 1 atom stereocenters. The zero-order valence-electron chi connectivity index (χ0n) is 8.78. The van der Waals surface area contributed by atoms with Gasteiger partial charge in [0.05, 0.1) is 5.38 Å². The van der Waals surface area contributed by atoms with Crippen molar-refractivity contribution in [2.24, 2.45) is 0 Å². The monoisotopic (exact) mass is 240 g/mol. The van der Waals surface area contributed by atoms with Gasteiger partial charge in [0.15, 0.2) is 0 Å². The maximum Gasteiger partial charge on any atom is 0.270 e. The minimum absolute atomic E-state index is 0.0214. The number of hydrogen-bond acceptors (Lipinski definition) is 2. The Balaban J connectivity index is 2.15. The number of aromatic nitrogens is 1. The van der Waals surface area contributed by atoms with Crippen molar-refractivity contribution in [1.29, 1.82) is 0 Å². The summed E-state index contributed by atoms with van der Waals surface area (Å²) in [6.07, 6.45) is 1.85. The molecule has 0 bridgehead atoms. The molecule has 1 fully saturated rings. The molecule has 4 nitrogen and oxygen atoms in total. The molecule has 0 radical (unpaired) electrons. The molecule has 0 aliphatic carbocycles. The highest BCUT2D eigenvalue weighted by Crippen LogP contribution is 2.16. The summed E-state index contributed by atoms with van der Waals surface area (Å²) in [5.41, 5.74) is 0.0727. The van der Waals surface area contributed by atoms with Gasteiger partial charge in [-0.3, -0.25) is 9.59 Å². The van der Waals surface area contributed by atoms with Crippen LogP contribution in [0.25, 0.3) is 0 Å². The second kappa shape index (κ2) is 4.70. The van der Waals surface area contributed by atoms with Crippen molar-refractivity contribution in [1.82, 2.24) is 9.88 Å². The first-order valence-electron chi connectivity index (χ1n) is 5.29. The summed E-state index contributed by atoms with van der Waals surface area (Å²) in [6, 6.07) is 4.58. The topological polar surface area (TPSA) is 53.2 Å². The molecule has 16 heavy (non-hydrogen) atoms. The minimum atomic E-state index is -0.259. The van der Waals surface area contributed by atoms with Gasteiger partial charge in [-0.25, -0.2) is 0 Å². The summed E-state index contributed by atoms with van der Waals surface area (Å²) in [7, 11) is 0. The summed E-state index contributed by atoms with van der Waals surface area (Å²) in [5.74, 6) is -0.150. The Morgan fingerprint density at radius 3 is 3.00 bits per heavy atom. The summed E-state index contributed by atoms with van der Waals surface area (Å²) in [6.45, 7) is 1.26. The van der Waals surface area contributed by atoms with Crippen molar-refractivity contribution in [2.75, 3.05) is 13.1 Å². The van der Waals surface area contributed by atoms with E-state index >= 15 is 0 Å². The Labute approximate surface area is 98.2 Å². The van der Waals surface area contributed by atoms with Gasteiger partial charge in [0.2, 0.25) is 5.56 Å². The van der Waals surface area contributed by atoms with Crippen LogP contribution in [-0.2, 0) is 0 Å². The predicted molar refractivity (Wildman–Crippen MR) is 61.8 cm³/mol. The van der Waals surface area contributed by atoms with Crippen LogP contribution in [0.4, 0.5) is 0 Å². The Morgan fingerprint density at radius 1 is 1.50 bits per heavy atom. The van der Waals surface area contributed by atoms with Crippen LogP contribution in [-0.4, -0.2) is 34.3 Å². The molecule has 1 amide bonds. The SMILES string of the molecule is O=C(c1cccc(=O)[nH]1)N1CCCC(Cl)C1. The average molecular weight is 241 g/mol. The molecule has 5 heteroatoms. The maximum atomic E-state index is 12.0. The molecule has 2 heterocycles. The Kier molecular flexibility index (Phi) is 3.29. The normalized spacial score (nSPS) is 20.8. The number of rotatable bonds is 1. The fourth-order valence-corrected chi connectivity index (χ4v) is 2.17. The fraction of sp³-hybridized carbons (Fsp3) is 0.455. The van der Waals surface area contributed by atoms with Crippen molar-refractivity contribution in [3.05, 3.63) is 34.2 Å². The van der Waals surface area contributed by atoms with Gasteiger partial charge in [-0.2, -0.15) is 0 Å². The van der Waals surface area contributed by atoms with Gasteiger partial charge < -0.3 is 9.88 Å². The zero-order valence-corrected chi connectivity index (χ0v) is 9.54. The van der Waals surface area contributed by atoms with Gasteiger partial charge in [0.25, 0.3) is 5.91 Å². The molecule has 86 valence electrons. The molecule has 0 saturated carbocycles. The van der Waals surface area contributed by atoms with E-state index in [1.807, 2.05) is 0 Å². The molecule has 1 unspecified atom stereocenters. The number of halogens is 1. The number of nitrogens with zero attached hydrogens (tertiary/aromatic N) is 1. The van der Waals surface area contributed by atoms with E-state index in [0.29, 0.717) is 18.8 Å². The molecule has 1 aliphatic heterocycles. The first-order valence-corrected chi connectivity index (χ1v) is 5.73. The lowest BCUT2D eigenvalue weighted by Crippen LogP contribution is -2.41. The van der Waals surface area contributed by atoms with Crippen LogP contribution in [0.2, 0.25) is 0 Å². The summed E-state index contributed by atoms with van der Waals surface area (Å²) < 4.78 is 0. The van der Waals surface area contributed by atoms with Gasteiger partial charge >= 0.3 is 0 Å². The third-order valence-electron chi connectivity index (χ3n) is 2.65. The Bertz CT molecular complexity index is 444. The summed E-state index contributed by atoms with van der Waals surface area (Å²) >= 11 is 6.01. The van der Waals surface area contributed by atoms with E-state index in [-0.39, 0.29) is 16.8 Å². The smallest absolute Gasteiger partial charge is 0.270 e. The molecular weight excluding hydrogens is 228 g/mol. The number of carbonyl (C=O) groups is 1. The average Bonchev–Trinajstić information content (AvgIpc) is 2.28. The second-order valence-electron chi connectivity index (χ2n) is 3.92. The number of hydrogen-bond donors (Lipinski definition) is 1. The van der Waals surface area contributed by atoms with E-state index in [1.54, 1.807) is 17.0 Å². The first-order chi connectivity index (χ1) is 7.66. The van der Waals surface area contributed by atoms with Gasteiger partial charge in [-0.1, -0.05) is 6.07 Å². The highest BCUT2D eigenvalue weighted by Gasteiger charge is 2.23. The highest BCUT2D eigenvalue weighted by atomic mass is 35.5. The number of pyridine rings is 1. The zero-order chi connectivity index (χ0) is 11.5. The van der Waals surface area contributed by atoms with E-state index in [9.17, 15) is 9.59 Å². The predicted octanol–water partition coefficient (Wildman–Crippen LogP) is 1.22.